The fraction of sp³-hybridized carbons (Fsp3) is 0.188. The van der Waals surface area contributed by atoms with Crippen molar-refractivity contribution in [2.45, 2.75) is 17.4 Å². The van der Waals surface area contributed by atoms with Crippen LogP contribution in [0.4, 0.5) is 0 Å². The molecule has 0 bridgehead atoms. The molecule has 2 N–H and O–H groups in total. The van der Waals surface area contributed by atoms with Gasteiger partial charge in [0.05, 0.1) is 6.04 Å². The lowest BCUT2D eigenvalue weighted by Gasteiger charge is -2.22. The van der Waals surface area contributed by atoms with E-state index in [1.807, 2.05) is 12.1 Å². The van der Waals surface area contributed by atoms with Crippen LogP contribution in [0.2, 0.25) is 0 Å². The molecule has 96 valence electrons. The standard InChI is InChI=1S/C16H16N2S/c1-19-13-8-6-11(7-9-13)15-10-12-4-2-3-5-14(12)16(17)18-15/h2-9,15H,10H2,1H3,(H2,17,18). The Morgan fingerprint density at radius 3 is 2.58 bits per heavy atom. The fourth-order valence-electron chi connectivity index (χ4n) is 2.46. The van der Waals surface area contributed by atoms with Gasteiger partial charge in [-0.2, -0.15) is 0 Å². The molecule has 3 rings (SSSR count). The van der Waals surface area contributed by atoms with Gasteiger partial charge in [-0.1, -0.05) is 36.4 Å². The van der Waals surface area contributed by atoms with Crippen LogP contribution in [0.15, 0.2) is 58.4 Å². The third-order valence-corrected chi connectivity index (χ3v) is 4.25. The average molecular weight is 268 g/mol. The number of hydrogen-bond donors (Lipinski definition) is 1. The van der Waals surface area contributed by atoms with E-state index in [-0.39, 0.29) is 6.04 Å². The Kier molecular flexibility index (Phi) is 3.30. The minimum Gasteiger partial charge on any atom is -0.383 e. The average Bonchev–Trinajstić information content (AvgIpc) is 2.47. The normalized spacial score (nSPS) is 17.7. The lowest BCUT2D eigenvalue weighted by atomic mass is 9.93. The molecular formula is C16H16N2S. The molecule has 0 fully saturated rings. The van der Waals surface area contributed by atoms with Gasteiger partial charge in [-0.25, -0.2) is 0 Å². The monoisotopic (exact) mass is 268 g/mol. The first-order valence-electron chi connectivity index (χ1n) is 6.33. The van der Waals surface area contributed by atoms with Crippen LogP contribution >= 0.6 is 11.8 Å². The number of amidine groups is 1. The molecule has 0 aliphatic carbocycles. The Morgan fingerprint density at radius 1 is 1.11 bits per heavy atom. The number of benzene rings is 2. The highest BCUT2D eigenvalue weighted by Gasteiger charge is 2.20. The molecule has 2 nitrogen and oxygen atoms in total. The first-order chi connectivity index (χ1) is 9.28. The SMILES string of the molecule is CSc1ccc(C2Cc3ccccc3C(N)=N2)cc1. The fourth-order valence-corrected chi connectivity index (χ4v) is 2.87. The van der Waals surface area contributed by atoms with Crippen molar-refractivity contribution in [3.63, 3.8) is 0 Å². The summed E-state index contributed by atoms with van der Waals surface area (Å²) in [5.41, 5.74) is 9.68. The maximum atomic E-state index is 6.08. The van der Waals surface area contributed by atoms with Crippen molar-refractivity contribution in [1.29, 1.82) is 0 Å². The summed E-state index contributed by atoms with van der Waals surface area (Å²) >= 11 is 1.75. The van der Waals surface area contributed by atoms with E-state index in [1.54, 1.807) is 11.8 Å². The quantitative estimate of drug-likeness (QED) is 0.848. The molecule has 1 aliphatic rings. The van der Waals surface area contributed by atoms with E-state index < -0.39 is 0 Å². The largest absolute Gasteiger partial charge is 0.383 e. The molecule has 2 aromatic rings. The molecule has 3 heteroatoms. The van der Waals surface area contributed by atoms with Crippen LogP contribution in [0.1, 0.15) is 22.7 Å². The van der Waals surface area contributed by atoms with Crippen LogP contribution in [0, 0.1) is 0 Å². The van der Waals surface area contributed by atoms with Gasteiger partial charge >= 0.3 is 0 Å². The van der Waals surface area contributed by atoms with Crippen molar-refractivity contribution in [2.75, 3.05) is 6.26 Å². The molecule has 2 aromatic carbocycles. The topological polar surface area (TPSA) is 38.4 Å². The van der Waals surface area contributed by atoms with Gasteiger partial charge in [-0.15, -0.1) is 11.8 Å². The van der Waals surface area contributed by atoms with E-state index >= 15 is 0 Å². The second kappa shape index (κ2) is 5.10. The summed E-state index contributed by atoms with van der Waals surface area (Å²) in [5.74, 6) is 0.654. The van der Waals surface area contributed by atoms with Gasteiger partial charge < -0.3 is 5.73 Å². The summed E-state index contributed by atoms with van der Waals surface area (Å²) in [7, 11) is 0. The third-order valence-electron chi connectivity index (χ3n) is 3.50. The van der Waals surface area contributed by atoms with Crippen LogP contribution in [0.25, 0.3) is 0 Å². The molecule has 1 unspecified atom stereocenters. The molecule has 1 aliphatic heterocycles. The number of nitrogens with zero attached hydrogens (tertiary/aromatic N) is 1. The van der Waals surface area contributed by atoms with Gasteiger partial charge in [0, 0.05) is 10.5 Å². The highest BCUT2D eigenvalue weighted by Crippen LogP contribution is 2.29. The van der Waals surface area contributed by atoms with E-state index in [2.05, 4.69) is 47.6 Å². The van der Waals surface area contributed by atoms with E-state index in [0.717, 1.165) is 12.0 Å². The third kappa shape index (κ3) is 2.38. The van der Waals surface area contributed by atoms with Crippen molar-refractivity contribution < 1.29 is 0 Å². The number of aliphatic imine (C=N–C) groups is 1. The van der Waals surface area contributed by atoms with Crippen molar-refractivity contribution >= 4 is 17.6 Å². The zero-order chi connectivity index (χ0) is 13.2. The number of rotatable bonds is 2. The molecule has 0 amide bonds. The predicted molar refractivity (Wildman–Crippen MR) is 81.8 cm³/mol. The molecule has 1 atom stereocenters. The zero-order valence-electron chi connectivity index (χ0n) is 10.8. The zero-order valence-corrected chi connectivity index (χ0v) is 11.7. The van der Waals surface area contributed by atoms with Crippen molar-refractivity contribution in [3.05, 3.63) is 65.2 Å². The van der Waals surface area contributed by atoms with E-state index in [0.29, 0.717) is 5.84 Å². The van der Waals surface area contributed by atoms with E-state index in [1.165, 1.54) is 16.0 Å². The van der Waals surface area contributed by atoms with E-state index in [4.69, 9.17) is 5.73 Å². The predicted octanol–water partition coefficient (Wildman–Crippen LogP) is 3.41. The molecular weight excluding hydrogens is 252 g/mol. The minimum absolute atomic E-state index is 0.144. The van der Waals surface area contributed by atoms with E-state index in [9.17, 15) is 0 Å². The Hall–Kier alpha value is -1.74. The maximum Gasteiger partial charge on any atom is 0.126 e. The van der Waals surface area contributed by atoms with Gasteiger partial charge in [0.15, 0.2) is 0 Å². The Balaban J connectivity index is 1.94. The smallest absolute Gasteiger partial charge is 0.126 e. The molecule has 1 heterocycles. The molecule has 0 saturated carbocycles. The lowest BCUT2D eigenvalue weighted by molar-refractivity contribution is 0.709. The van der Waals surface area contributed by atoms with Gasteiger partial charge in [0.1, 0.15) is 5.84 Å². The lowest BCUT2D eigenvalue weighted by Crippen LogP contribution is -2.22. The number of thioether (sulfide) groups is 1. The van der Waals surface area contributed by atoms with Gasteiger partial charge in [0.2, 0.25) is 0 Å². The number of nitrogens with two attached hydrogens (primary N) is 1. The molecule has 0 saturated heterocycles. The first-order valence-corrected chi connectivity index (χ1v) is 7.56. The summed E-state index contributed by atoms with van der Waals surface area (Å²) in [4.78, 5) is 5.91. The number of hydrogen-bond acceptors (Lipinski definition) is 3. The minimum atomic E-state index is 0.144. The Labute approximate surface area is 117 Å². The summed E-state index contributed by atoms with van der Waals surface area (Å²) in [6.07, 6.45) is 3.01. The molecule has 0 spiro atoms. The number of fused-ring (bicyclic) bond motifs is 1. The Bertz CT molecular complexity index is 617. The molecule has 0 radical (unpaired) electrons. The highest BCUT2D eigenvalue weighted by molar-refractivity contribution is 7.98. The summed E-state index contributed by atoms with van der Waals surface area (Å²) < 4.78 is 0. The van der Waals surface area contributed by atoms with Gasteiger partial charge in [-0.05, 0) is 35.9 Å². The molecule has 0 aromatic heterocycles. The van der Waals surface area contributed by atoms with Crippen LogP contribution in [0.5, 0.6) is 0 Å². The second-order valence-corrected chi connectivity index (χ2v) is 5.54. The molecule has 19 heavy (non-hydrogen) atoms. The van der Waals surface area contributed by atoms with Crippen LogP contribution < -0.4 is 5.73 Å². The second-order valence-electron chi connectivity index (χ2n) is 4.66. The van der Waals surface area contributed by atoms with Gasteiger partial charge in [0.25, 0.3) is 0 Å². The summed E-state index contributed by atoms with van der Waals surface area (Å²) in [5, 5.41) is 0. The van der Waals surface area contributed by atoms with Crippen molar-refractivity contribution in [2.24, 2.45) is 10.7 Å². The van der Waals surface area contributed by atoms with Crippen molar-refractivity contribution in [3.8, 4) is 0 Å². The van der Waals surface area contributed by atoms with Crippen LogP contribution in [-0.4, -0.2) is 12.1 Å². The van der Waals surface area contributed by atoms with Crippen LogP contribution in [-0.2, 0) is 6.42 Å². The summed E-state index contributed by atoms with van der Waals surface area (Å²) in [6.45, 7) is 0. The first kappa shape index (κ1) is 12.3. The highest BCUT2D eigenvalue weighted by atomic mass is 32.2. The van der Waals surface area contributed by atoms with Crippen LogP contribution in [0.3, 0.4) is 0 Å². The Morgan fingerprint density at radius 2 is 1.84 bits per heavy atom. The summed E-state index contributed by atoms with van der Waals surface area (Å²) in [6, 6.07) is 17.0. The van der Waals surface area contributed by atoms with Gasteiger partial charge in [-0.3, -0.25) is 4.99 Å². The van der Waals surface area contributed by atoms with Crippen molar-refractivity contribution in [1.82, 2.24) is 0 Å². The maximum absolute atomic E-state index is 6.08.